The molecule has 0 aliphatic heterocycles. The Hall–Kier alpha value is -2.76. The molecule has 2 heterocycles. The van der Waals surface area contributed by atoms with Gasteiger partial charge >= 0.3 is 0 Å². The number of aromatic nitrogens is 5. The fourth-order valence-electron chi connectivity index (χ4n) is 2.22. The van der Waals surface area contributed by atoms with Crippen molar-refractivity contribution in [3.63, 3.8) is 0 Å². The summed E-state index contributed by atoms with van der Waals surface area (Å²) in [7, 11) is 0. The monoisotopic (exact) mass is 295 g/mol. The summed E-state index contributed by atoms with van der Waals surface area (Å²) in [5.74, 6) is 1.34. The molecule has 6 nitrogen and oxygen atoms in total. The average Bonchev–Trinajstić information content (AvgIpc) is 2.93. The van der Waals surface area contributed by atoms with Crippen molar-refractivity contribution in [2.75, 3.05) is 0 Å². The first-order valence-corrected chi connectivity index (χ1v) is 7.08. The first kappa shape index (κ1) is 14.2. The van der Waals surface area contributed by atoms with E-state index in [1.807, 2.05) is 56.3 Å². The molecule has 3 aromatic rings. The van der Waals surface area contributed by atoms with Gasteiger partial charge in [0.25, 0.3) is 0 Å². The number of hydrogen-bond donors (Lipinski definition) is 0. The Labute approximate surface area is 128 Å². The Morgan fingerprint density at radius 3 is 2.68 bits per heavy atom. The van der Waals surface area contributed by atoms with Crippen LogP contribution in [0.3, 0.4) is 0 Å². The number of para-hydroxylation sites is 1. The number of pyridine rings is 1. The predicted octanol–water partition coefficient (Wildman–Crippen LogP) is 2.31. The fraction of sp³-hybridized carbons (Fsp3) is 0.250. The Balaban J connectivity index is 1.63. The molecular weight excluding hydrogens is 278 g/mol. The number of aryl methyl sites for hydroxylation is 2. The van der Waals surface area contributed by atoms with Crippen molar-refractivity contribution in [1.29, 1.82) is 0 Å². The average molecular weight is 295 g/mol. The van der Waals surface area contributed by atoms with Crippen LogP contribution in [-0.2, 0) is 13.2 Å². The Bertz CT molecular complexity index is 734. The quantitative estimate of drug-likeness (QED) is 0.722. The zero-order chi connectivity index (χ0) is 15.4. The minimum absolute atomic E-state index is 0.296. The van der Waals surface area contributed by atoms with E-state index in [1.165, 1.54) is 10.4 Å². The van der Waals surface area contributed by atoms with Crippen LogP contribution in [0.1, 0.15) is 22.8 Å². The van der Waals surface area contributed by atoms with E-state index in [0.717, 1.165) is 17.1 Å². The summed E-state index contributed by atoms with van der Waals surface area (Å²) in [6.45, 7) is 4.82. The zero-order valence-corrected chi connectivity index (χ0v) is 12.6. The van der Waals surface area contributed by atoms with Gasteiger partial charge in [0.05, 0.1) is 5.69 Å². The third-order valence-corrected chi connectivity index (χ3v) is 3.06. The van der Waals surface area contributed by atoms with Crippen LogP contribution in [-0.4, -0.2) is 25.2 Å². The van der Waals surface area contributed by atoms with Gasteiger partial charge in [-0.05, 0) is 48.9 Å². The zero-order valence-electron chi connectivity index (χ0n) is 12.6. The molecule has 0 spiro atoms. The van der Waals surface area contributed by atoms with E-state index in [2.05, 4.69) is 20.4 Å². The normalized spacial score (nSPS) is 10.6. The molecule has 0 fully saturated rings. The molecule has 0 saturated carbocycles. The Morgan fingerprint density at radius 1 is 1.09 bits per heavy atom. The van der Waals surface area contributed by atoms with Crippen molar-refractivity contribution >= 4 is 0 Å². The van der Waals surface area contributed by atoms with Gasteiger partial charge < -0.3 is 4.74 Å². The number of hydrogen-bond acceptors (Lipinski definition) is 5. The standard InChI is InChI=1S/C16H17N5O/c1-12-8-13(2)17-14(9-12)10-21-19-16(18-20-21)11-22-15-6-4-3-5-7-15/h3-9H,10-11H2,1-2H3. The summed E-state index contributed by atoms with van der Waals surface area (Å²) >= 11 is 0. The van der Waals surface area contributed by atoms with Gasteiger partial charge in [0, 0.05) is 5.69 Å². The van der Waals surface area contributed by atoms with Crippen LogP contribution < -0.4 is 4.74 Å². The molecule has 1 aromatic carbocycles. The van der Waals surface area contributed by atoms with E-state index in [1.54, 1.807) is 0 Å². The van der Waals surface area contributed by atoms with Crippen molar-refractivity contribution in [1.82, 2.24) is 25.2 Å². The van der Waals surface area contributed by atoms with Crippen LogP contribution in [0.5, 0.6) is 5.75 Å². The smallest absolute Gasteiger partial charge is 0.212 e. The molecule has 0 N–H and O–H groups in total. The lowest BCUT2D eigenvalue weighted by Gasteiger charge is -2.03. The largest absolute Gasteiger partial charge is 0.485 e. The summed E-state index contributed by atoms with van der Waals surface area (Å²) in [4.78, 5) is 6.00. The summed E-state index contributed by atoms with van der Waals surface area (Å²) in [6, 6.07) is 13.6. The minimum atomic E-state index is 0.296. The maximum atomic E-state index is 5.60. The maximum absolute atomic E-state index is 5.60. The van der Waals surface area contributed by atoms with E-state index < -0.39 is 0 Å². The van der Waals surface area contributed by atoms with E-state index in [-0.39, 0.29) is 0 Å². The molecular formula is C16H17N5O. The highest BCUT2D eigenvalue weighted by Crippen LogP contribution is 2.10. The first-order chi connectivity index (χ1) is 10.7. The molecule has 2 aromatic heterocycles. The molecule has 0 amide bonds. The number of ether oxygens (including phenoxy) is 1. The van der Waals surface area contributed by atoms with Crippen LogP contribution in [0.4, 0.5) is 0 Å². The Kier molecular flexibility index (Phi) is 4.09. The summed E-state index contributed by atoms with van der Waals surface area (Å²) in [5, 5.41) is 12.3. The molecule has 0 saturated heterocycles. The minimum Gasteiger partial charge on any atom is -0.485 e. The molecule has 6 heteroatoms. The maximum Gasteiger partial charge on any atom is 0.212 e. The molecule has 0 atom stereocenters. The van der Waals surface area contributed by atoms with Crippen molar-refractivity contribution in [2.24, 2.45) is 0 Å². The predicted molar refractivity (Wildman–Crippen MR) is 81.4 cm³/mol. The summed E-state index contributed by atoms with van der Waals surface area (Å²) in [5.41, 5.74) is 3.09. The van der Waals surface area contributed by atoms with Gasteiger partial charge in [0.2, 0.25) is 5.82 Å². The second-order valence-electron chi connectivity index (χ2n) is 5.12. The van der Waals surface area contributed by atoms with E-state index in [0.29, 0.717) is 19.0 Å². The molecule has 0 bridgehead atoms. The third kappa shape index (κ3) is 3.66. The molecule has 0 unspecified atom stereocenters. The van der Waals surface area contributed by atoms with Crippen molar-refractivity contribution < 1.29 is 4.74 Å². The van der Waals surface area contributed by atoms with Gasteiger partial charge in [-0.3, -0.25) is 4.98 Å². The van der Waals surface area contributed by atoms with Crippen LogP contribution in [0, 0.1) is 13.8 Å². The lowest BCUT2D eigenvalue weighted by molar-refractivity contribution is 0.295. The second kappa shape index (κ2) is 6.34. The van der Waals surface area contributed by atoms with Crippen molar-refractivity contribution in [3.8, 4) is 5.75 Å². The van der Waals surface area contributed by atoms with Crippen molar-refractivity contribution in [2.45, 2.75) is 27.0 Å². The van der Waals surface area contributed by atoms with Crippen molar-refractivity contribution in [3.05, 3.63) is 65.2 Å². The second-order valence-corrected chi connectivity index (χ2v) is 5.12. The van der Waals surface area contributed by atoms with Gasteiger partial charge in [0.1, 0.15) is 12.3 Å². The highest BCUT2D eigenvalue weighted by Gasteiger charge is 2.06. The molecule has 0 aliphatic carbocycles. The molecule has 0 radical (unpaired) electrons. The summed E-state index contributed by atoms with van der Waals surface area (Å²) < 4.78 is 5.60. The highest BCUT2D eigenvalue weighted by atomic mass is 16.5. The van der Waals surface area contributed by atoms with Crippen LogP contribution in [0.2, 0.25) is 0 Å². The van der Waals surface area contributed by atoms with Crippen LogP contribution >= 0.6 is 0 Å². The lowest BCUT2D eigenvalue weighted by atomic mass is 10.2. The van der Waals surface area contributed by atoms with Gasteiger partial charge in [-0.2, -0.15) is 4.80 Å². The topological polar surface area (TPSA) is 65.7 Å². The molecule has 3 rings (SSSR count). The van der Waals surface area contributed by atoms with E-state index in [9.17, 15) is 0 Å². The van der Waals surface area contributed by atoms with Gasteiger partial charge in [-0.25, -0.2) is 0 Å². The fourth-order valence-corrected chi connectivity index (χ4v) is 2.22. The molecule has 22 heavy (non-hydrogen) atoms. The Morgan fingerprint density at radius 2 is 1.91 bits per heavy atom. The number of benzene rings is 1. The number of nitrogens with zero attached hydrogens (tertiary/aromatic N) is 5. The first-order valence-electron chi connectivity index (χ1n) is 7.08. The van der Waals surface area contributed by atoms with Crippen LogP contribution in [0.15, 0.2) is 42.5 Å². The van der Waals surface area contributed by atoms with E-state index in [4.69, 9.17) is 4.74 Å². The van der Waals surface area contributed by atoms with E-state index >= 15 is 0 Å². The highest BCUT2D eigenvalue weighted by molar-refractivity contribution is 5.21. The molecule has 0 aliphatic rings. The van der Waals surface area contributed by atoms with Gasteiger partial charge in [-0.15, -0.1) is 10.2 Å². The van der Waals surface area contributed by atoms with Gasteiger partial charge in [0.15, 0.2) is 6.61 Å². The van der Waals surface area contributed by atoms with Gasteiger partial charge in [-0.1, -0.05) is 18.2 Å². The van der Waals surface area contributed by atoms with Crippen LogP contribution in [0.25, 0.3) is 0 Å². The summed E-state index contributed by atoms with van der Waals surface area (Å²) in [6.07, 6.45) is 0. The lowest BCUT2D eigenvalue weighted by Crippen LogP contribution is -2.07. The number of rotatable bonds is 5. The number of tetrazole rings is 1. The third-order valence-electron chi connectivity index (χ3n) is 3.06. The molecule has 112 valence electrons. The SMILES string of the molecule is Cc1cc(C)nc(Cn2nnc(COc3ccccc3)n2)c1.